The van der Waals surface area contributed by atoms with E-state index >= 15 is 0 Å². The van der Waals surface area contributed by atoms with Crippen molar-refractivity contribution >= 4 is 11.9 Å². The number of carbonyl (C=O) groups is 2. The molecule has 0 fully saturated rings. The Hall–Kier alpha value is -1.84. The van der Waals surface area contributed by atoms with Crippen molar-refractivity contribution in [3.8, 4) is 0 Å². The van der Waals surface area contributed by atoms with Crippen molar-refractivity contribution in [3.05, 3.63) is 35.4 Å². The number of rotatable bonds is 10. The molecule has 0 aromatic heterocycles. The van der Waals surface area contributed by atoms with Crippen molar-refractivity contribution in [2.75, 3.05) is 6.54 Å². The molecule has 0 aliphatic rings. The van der Waals surface area contributed by atoms with Gasteiger partial charge in [-0.2, -0.15) is 0 Å². The molecular formula is C18H27NO3. The second-order valence-corrected chi connectivity index (χ2v) is 5.92. The van der Waals surface area contributed by atoms with Gasteiger partial charge in [0.05, 0.1) is 5.92 Å². The molecule has 0 saturated heterocycles. The lowest BCUT2D eigenvalue weighted by atomic mass is 10.0. The van der Waals surface area contributed by atoms with Crippen LogP contribution in [0.4, 0.5) is 0 Å². The minimum atomic E-state index is -0.750. The van der Waals surface area contributed by atoms with Crippen LogP contribution in [-0.4, -0.2) is 23.5 Å². The summed E-state index contributed by atoms with van der Waals surface area (Å²) in [4.78, 5) is 22.3. The van der Waals surface area contributed by atoms with Gasteiger partial charge in [-0.25, -0.2) is 0 Å². The second kappa shape index (κ2) is 9.98. The van der Waals surface area contributed by atoms with Crippen molar-refractivity contribution in [2.45, 2.75) is 52.4 Å². The van der Waals surface area contributed by atoms with Crippen LogP contribution >= 0.6 is 0 Å². The van der Waals surface area contributed by atoms with E-state index in [4.69, 9.17) is 5.11 Å². The number of unbranched alkanes of at least 4 members (excludes halogenated alkanes) is 1. The zero-order valence-corrected chi connectivity index (χ0v) is 13.6. The molecule has 1 atom stereocenters. The Morgan fingerprint density at radius 3 is 2.45 bits per heavy atom. The average molecular weight is 305 g/mol. The number of aryl methyl sites for hydroxylation is 2. The van der Waals surface area contributed by atoms with Crippen LogP contribution in [0.25, 0.3) is 0 Å². The van der Waals surface area contributed by atoms with Gasteiger partial charge >= 0.3 is 5.97 Å². The fourth-order valence-corrected chi connectivity index (χ4v) is 2.22. The van der Waals surface area contributed by atoms with Gasteiger partial charge in [-0.15, -0.1) is 0 Å². The number of benzene rings is 1. The summed E-state index contributed by atoms with van der Waals surface area (Å²) in [6, 6.07) is 8.40. The lowest BCUT2D eigenvalue weighted by Crippen LogP contribution is -2.24. The first-order valence-electron chi connectivity index (χ1n) is 8.04. The molecule has 1 amide bonds. The number of nitrogens with one attached hydrogen (secondary N) is 1. The molecule has 2 N–H and O–H groups in total. The molecule has 1 aromatic rings. The summed E-state index contributed by atoms with van der Waals surface area (Å²) in [6.07, 6.45) is 4.64. The zero-order valence-electron chi connectivity index (χ0n) is 13.6. The van der Waals surface area contributed by atoms with Crippen LogP contribution in [0.1, 0.15) is 50.2 Å². The van der Waals surface area contributed by atoms with Gasteiger partial charge < -0.3 is 10.4 Å². The van der Waals surface area contributed by atoms with Crippen LogP contribution in [0.15, 0.2) is 24.3 Å². The van der Waals surface area contributed by atoms with Crippen LogP contribution in [-0.2, 0) is 16.0 Å². The maximum Gasteiger partial charge on any atom is 0.306 e. The first-order chi connectivity index (χ1) is 10.5. The molecule has 0 aliphatic heterocycles. The standard InChI is InChI=1S/C18H27NO3/c1-14-9-11-16(12-10-14)7-5-8-17(20)19-13-4-3-6-15(2)18(21)22/h9-12,15H,3-8,13H2,1-2H3,(H,19,20)(H,21,22). The first kappa shape index (κ1) is 18.2. The molecule has 0 aliphatic carbocycles. The summed E-state index contributed by atoms with van der Waals surface area (Å²) in [7, 11) is 0. The van der Waals surface area contributed by atoms with Crippen molar-refractivity contribution in [1.29, 1.82) is 0 Å². The van der Waals surface area contributed by atoms with E-state index in [9.17, 15) is 9.59 Å². The number of hydrogen-bond donors (Lipinski definition) is 2. The van der Waals surface area contributed by atoms with Crippen LogP contribution in [0.5, 0.6) is 0 Å². The highest BCUT2D eigenvalue weighted by atomic mass is 16.4. The van der Waals surface area contributed by atoms with Gasteiger partial charge in [-0.3, -0.25) is 9.59 Å². The predicted octanol–water partition coefficient (Wildman–Crippen LogP) is 3.32. The molecule has 4 heteroatoms. The molecule has 1 aromatic carbocycles. The van der Waals surface area contributed by atoms with Crippen LogP contribution in [0.3, 0.4) is 0 Å². The number of carbonyl (C=O) groups excluding carboxylic acids is 1. The van der Waals surface area contributed by atoms with Gasteiger partial charge in [0, 0.05) is 13.0 Å². The van der Waals surface area contributed by atoms with E-state index < -0.39 is 5.97 Å². The molecule has 1 rings (SSSR count). The van der Waals surface area contributed by atoms with E-state index in [0.717, 1.165) is 25.7 Å². The van der Waals surface area contributed by atoms with Crippen LogP contribution in [0, 0.1) is 12.8 Å². The number of hydrogen-bond acceptors (Lipinski definition) is 2. The number of carboxylic acid groups (broad SMARTS) is 1. The minimum Gasteiger partial charge on any atom is -0.481 e. The van der Waals surface area contributed by atoms with Crippen LogP contribution in [0.2, 0.25) is 0 Å². The first-order valence-corrected chi connectivity index (χ1v) is 8.04. The quantitative estimate of drug-likeness (QED) is 0.652. The fourth-order valence-electron chi connectivity index (χ4n) is 2.22. The fraction of sp³-hybridized carbons (Fsp3) is 0.556. The van der Waals surface area contributed by atoms with Gasteiger partial charge in [0.15, 0.2) is 0 Å². The van der Waals surface area contributed by atoms with E-state index in [2.05, 4.69) is 36.5 Å². The molecule has 0 saturated carbocycles. The molecule has 0 heterocycles. The highest BCUT2D eigenvalue weighted by molar-refractivity contribution is 5.75. The monoisotopic (exact) mass is 305 g/mol. The largest absolute Gasteiger partial charge is 0.481 e. The normalized spacial score (nSPS) is 11.9. The average Bonchev–Trinajstić information content (AvgIpc) is 2.48. The summed E-state index contributed by atoms with van der Waals surface area (Å²) >= 11 is 0. The summed E-state index contributed by atoms with van der Waals surface area (Å²) in [5.74, 6) is -0.969. The highest BCUT2D eigenvalue weighted by Gasteiger charge is 2.09. The van der Waals surface area contributed by atoms with E-state index in [0.29, 0.717) is 19.4 Å². The Labute approximate surface area is 132 Å². The molecular weight excluding hydrogens is 278 g/mol. The maximum absolute atomic E-state index is 11.7. The van der Waals surface area contributed by atoms with E-state index in [1.807, 2.05) is 0 Å². The van der Waals surface area contributed by atoms with Crippen molar-refractivity contribution in [1.82, 2.24) is 5.32 Å². The van der Waals surface area contributed by atoms with Crippen molar-refractivity contribution in [2.24, 2.45) is 5.92 Å². The van der Waals surface area contributed by atoms with Gasteiger partial charge in [0.2, 0.25) is 5.91 Å². The number of amides is 1. The van der Waals surface area contributed by atoms with Gasteiger partial charge in [0.1, 0.15) is 0 Å². The van der Waals surface area contributed by atoms with Crippen molar-refractivity contribution < 1.29 is 14.7 Å². The molecule has 22 heavy (non-hydrogen) atoms. The lowest BCUT2D eigenvalue weighted by molar-refractivity contribution is -0.141. The lowest BCUT2D eigenvalue weighted by Gasteiger charge is -2.07. The molecule has 122 valence electrons. The molecule has 0 spiro atoms. The number of aliphatic carboxylic acids is 1. The topological polar surface area (TPSA) is 66.4 Å². The van der Waals surface area contributed by atoms with Gasteiger partial charge in [0.25, 0.3) is 0 Å². The summed E-state index contributed by atoms with van der Waals surface area (Å²) in [6.45, 7) is 4.41. The predicted molar refractivity (Wildman–Crippen MR) is 87.8 cm³/mol. The third kappa shape index (κ3) is 7.81. The highest BCUT2D eigenvalue weighted by Crippen LogP contribution is 2.08. The minimum absolute atomic E-state index is 0.0818. The third-order valence-corrected chi connectivity index (χ3v) is 3.80. The molecule has 1 unspecified atom stereocenters. The molecule has 0 radical (unpaired) electrons. The third-order valence-electron chi connectivity index (χ3n) is 3.80. The molecule has 4 nitrogen and oxygen atoms in total. The van der Waals surface area contributed by atoms with E-state index in [1.165, 1.54) is 11.1 Å². The van der Waals surface area contributed by atoms with Crippen LogP contribution < -0.4 is 5.32 Å². The Morgan fingerprint density at radius 2 is 1.82 bits per heavy atom. The Kier molecular flexibility index (Phi) is 8.26. The smallest absolute Gasteiger partial charge is 0.306 e. The Bertz CT molecular complexity index is 468. The second-order valence-electron chi connectivity index (χ2n) is 5.92. The van der Waals surface area contributed by atoms with Crippen molar-refractivity contribution in [3.63, 3.8) is 0 Å². The van der Waals surface area contributed by atoms with Gasteiger partial charge in [-0.1, -0.05) is 43.2 Å². The number of carboxylic acids is 1. The van der Waals surface area contributed by atoms with E-state index in [1.54, 1.807) is 6.92 Å². The Morgan fingerprint density at radius 1 is 1.14 bits per heavy atom. The zero-order chi connectivity index (χ0) is 16.4. The Balaban J connectivity index is 2.04. The van der Waals surface area contributed by atoms with Gasteiger partial charge in [-0.05, 0) is 38.2 Å². The SMILES string of the molecule is Cc1ccc(CCCC(=O)NCCCCC(C)C(=O)O)cc1. The summed E-state index contributed by atoms with van der Waals surface area (Å²) in [5.41, 5.74) is 2.51. The summed E-state index contributed by atoms with van der Waals surface area (Å²) in [5, 5.41) is 11.7. The van der Waals surface area contributed by atoms with E-state index in [-0.39, 0.29) is 11.8 Å². The summed E-state index contributed by atoms with van der Waals surface area (Å²) < 4.78 is 0. The maximum atomic E-state index is 11.7. The molecule has 0 bridgehead atoms.